The maximum Gasteiger partial charge on any atom is 0.256 e. The van der Waals surface area contributed by atoms with Crippen molar-refractivity contribution in [1.29, 1.82) is 0 Å². The highest BCUT2D eigenvalue weighted by Crippen LogP contribution is 2.40. The second-order valence-corrected chi connectivity index (χ2v) is 7.44. The van der Waals surface area contributed by atoms with E-state index in [0.29, 0.717) is 35.2 Å². The summed E-state index contributed by atoms with van der Waals surface area (Å²) in [5.41, 5.74) is 1.38. The lowest BCUT2D eigenvalue weighted by Gasteiger charge is -2.30. The van der Waals surface area contributed by atoms with E-state index in [2.05, 4.69) is 21.0 Å². The molecule has 1 aliphatic carbocycles. The Balaban J connectivity index is 1.42. The molecule has 2 atom stereocenters. The molecular weight excluding hydrogens is 362 g/mol. The number of carbonyl (C=O) groups excluding carboxylic acids is 2. The monoisotopic (exact) mass is 383 g/mol. The predicted molar refractivity (Wildman–Crippen MR) is 99.1 cm³/mol. The van der Waals surface area contributed by atoms with Gasteiger partial charge in [-0.05, 0) is 38.0 Å². The van der Waals surface area contributed by atoms with E-state index < -0.39 is 6.29 Å². The van der Waals surface area contributed by atoms with Crippen LogP contribution < -0.4 is 25.4 Å². The van der Waals surface area contributed by atoms with Crippen LogP contribution in [0.5, 0.6) is 11.5 Å². The van der Waals surface area contributed by atoms with Crippen molar-refractivity contribution in [2.45, 2.75) is 44.4 Å². The normalized spacial score (nSPS) is 23.4. The second kappa shape index (κ2) is 6.52. The largest absolute Gasteiger partial charge is 0.454 e. The summed E-state index contributed by atoms with van der Waals surface area (Å²) in [5, 5.41) is 13.8. The Morgan fingerprint density at radius 3 is 2.86 bits per heavy atom. The molecule has 9 nitrogen and oxygen atoms in total. The van der Waals surface area contributed by atoms with E-state index in [1.54, 1.807) is 22.9 Å². The Labute approximate surface area is 161 Å². The molecule has 3 aliphatic rings. The van der Waals surface area contributed by atoms with Crippen LogP contribution in [0.25, 0.3) is 0 Å². The fraction of sp³-hybridized carbons (Fsp3) is 0.421. The van der Waals surface area contributed by atoms with Gasteiger partial charge in [-0.2, -0.15) is 5.10 Å². The third kappa shape index (κ3) is 3.18. The smallest absolute Gasteiger partial charge is 0.256 e. The maximum absolute atomic E-state index is 12.8. The van der Waals surface area contributed by atoms with Crippen molar-refractivity contribution < 1.29 is 19.1 Å². The molecule has 2 amide bonds. The number of carbonyl (C=O) groups is 2. The van der Waals surface area contributed by atoms with Crippen molar-refractivity contribution in [3.8, 4) is 11.5 Å². The van der Waals surface area contributed by atoms with E-state index in [1.165, 1.54) is 0 Å². The number of rotatable bonds is 4. The number of nitrogens with one attached hydrogen (secondary N) is 3. The summed E-state index contributed by atoms with van der Waals surface area (Å²) in [6.45, 7) is 2.10. The van der Waals surface area contributed by atoms with Gasteiger partial charge in [0.05, 0.1) is 5.69 Å². The van der Waals surface area contributed by atoms with Crippen LogP contribution in [0, 0.1) is 0 Å². The Morgan fingerprint density at radius 1 is 1.25 bits per heavy atom. The average molecular weight is 383 g/mol. The zero-order chi connectivity index (χ0) is 19.3. The summed E-state index contributed by atoms with van der Waals surface area (Å²) in [6, 6.07) is 6.96. The molecular formula is C19H21N5O4. The number of hydrogen-bond donors (Lipinski definition) is 3. The number of benzene rings is 1. The molecule has 1 saturated heterocycles. The zero-order valence-corrected chi connectivity index (χ0v) is 15.4. The first kappa shape index (κ1) is 17.1. The number of nitrogens with zero attached hydrogens (tertiary/aromatic N) is 2. The fourth-order valence-corrected chi connectivity index (χ4v) is 3.50. The number of aromatic nitrogens is 2. The summed E-state index contributed by atoms with van der Waals surface area (Å²) in [7, 11) is 0. The van der Waals surface area contributed by atoms with Gasteiger partial charge in [0.25, 0.3) is 5.91 Å². The highest BCUT2D eigenvalue weighted by atomic mass is 16.7. The van der Waals surface area contributed by atoms with Crippen molar-refractivity contribution in [3.63, 3.8) is 0 Å². The highest BCUT2D eigenvalue weighted by molar-refractivity contribution is 6.04. The summed E-state index contributed by atoms with van der Waals surface area (Å²) in [5.74, 6) is 1.80. The molecule has 2 aliphatic heterocycles. The van der Waals surface area contributed by atoms with Gasteiger partial charge in [0, 0.05) is 30.0 Å². The second-order valence-electron chi connectivity index (χ2n) is 7.44. The summed E-state index contributed by atoms with van der Waals surface area (Å²) in [4.78, 5) is 24.8. The molecule has 5 rings (SSSR count). The molecule has 28 heavy (non-hydrogen) atoms. The molecule has 1 aromatic heterocycles. The molecule has 1 aromatic carbocycles. The number of ether oxygens (including phenoxy) is 2. The van der Waals surface area contributed by atoms with E-state index >= 15 is 0 Å². The van der Waals surface area contributed by atoms with Gasteiger partial charge in [-0.15, -0.1) is 0 Å². The van der Waals surface area contributed by atoms with Gasteiger partial charge in [-0.3, -0.25) is 14.9 Å². The molecule has 9 heteroatoms. The van der Waals surface area contributed by atoms with Crippen LogP contribution in [-0.4, -0.2) is 34.4 Å². The first-order chi connectivity index (χ1) is 13.6. The lowest BCUT2D eigenvalue weighted by atomic mass is 10.2. The molecule has 0 radical (unpaired) electrons. The first-order valence-corrected chi connectivity index (χ1v) is 9.42. The predicted octanol–water partition coefficient (Wildman–Crippen LogP) is 1.70. The standard InChI is InChI=1S/C19H21N5O4/c1-10-6-17(25)22-19(20-10)24-16(8-13(23-24)11-2-3-11)21-18(26)12-4-5-14-15(7-12)28-9-27-14/h4-5,7-8,10-11,19-20H,2-3,6,9H2,1H3,(H,21,26)(H,22,25). The van der Waals surface area contributed by atoms with Crippen molar-refractivity contribution in [1.82, 2.24) is 20.4 Å². The highest BCUT2D eigenvalue weighted by Gasteiger charge is 2.31. The molecule has 2 unspecified atom stereocenters. The van der Waals surface area contributed by atoms with Crippen LogP contribution in [0.2, 0.25) is 0 Å². The van der Waals surface area contributed by atoms with E-state index in [0.717, 1.165) is 18.5 Å². The Kier molecular flexibility index (Phi) is 3.97. The van der Waals surface area contributed by atoms with Crippen LogP contribution in [-0.2, 0) is 4.79 Å². The van der Waals surface area contributed by atoms with Crippen LogP contribution >= 0.6 is 0 Å². The van der Waals surface area contributed by atoms with Crippen molar-refractivity contribution in [2.24, 2.45) is 0 Å². The van der Waals surface area contributed by atoms with E-state index in [4.69, 9.17) is 9.47 Å². The molecule has 2 aromatic rings. The Bertz CT molecular complexity index is 952. The molecule has 3 heterocycles. The lowest BCUT2D eigenvalue weighted by molar-refractivity contribution is -0.125. The first-order valence-electron chi connectivity index (χ1n) is 9.42. The summed E-state index contributed by atoms with van der Waals surface area (Å²) < 4.78 is 12.3. The van der Waals surface area contributed by atoms with E-state index in [1.807, 2.05) is 13.0 Å². The Hall–Kier alpha value is -3.07. The number of fused-ring (bicyclic) bond motifs is 1. The zero-order valence-electron chi connectivity index (χ0n) is 15.4. The van der Waals surface area contributed by atoms with Gasteiger partial charge < -0.3 is 20.1 Å². The third-order valence-corrected chi connectivity index (χ3v) is 5.10. The van der Waals surface area contributed by atoms with E-state index in [9.17, 15) is 9.59 Å². The molecule has 0 bridgehead atoms. The quantitative estimate of drug-likeness (QED) is 0.742. The van der Waals surface area contributed by atoms with E-state index in [-0.39, 0.29) is 24.6 Å². The number of amides is 2. The van der Waals surface area contributed by atoms with Gasteiger partial charge >= 0.3 is 0 Å². The summed E-state index contributed by atoms with van der Waals surface area (Å²) >= 11 is 0. The SMILES string of the molecule is CC1CC(=O)NC(n2nc(C3CC3)cc2NC(=O)c2ccc3c(c2)OCO3)N1. The summed E-state index contributed by atoms with van der Waals surface area (Å²) in [6.07, 6.45) is 2.09. The molecule has 0 spiro atoms. The minimum absolute atomic E-state index is 0.0183. The minimum atomic E-state index is -0.504. The van der Waals surface area contributed by atoms with Gasteiger partial charge in [-0.25, -0.2) is 4.68 Å². The molecule has 1 saturated carbocycles. The van der Waals surface area contributed by atoms with Gasteiger partial charge in [-0.1, -0.05) is 0 Å². The van der Waals surface area contributed by atoms with Crippen LogP contribution in [0.3, 0.4) is 0 Å². The van der Waals surface area contributed by atoms with Crippen molar-refractivity contribution in [2.75, 3.05) is 12.1 Å². The lowest BCUT2D eigenvalue weighted by Crippen LogP contribution is -2.52. The third-order valence-electron chi connectivity index (χ3n) is 5.10. The van der Waals surface area contributed by atoms with Crippen LogP contribution in [0.4, 0.5) is 5.82 Å². The number of anilines is 1. The average Bonchev–Trinajstić information content (AvgIpc) is 3.25. The molecule has 3 N–H and O–H groups in total. The topological polar surface area (TPSA) is 107 Å². The number of hydrogen-bond acceptors (Lipinski definition) is 6. The minimum Gasteiger partial charge on any atom is -0.454 e. The Morgan fingerprint density at radius 2 is 2.07 bits per heavy atom. The van der Waals surface area contributed by atoms with Crippen LogP contribution in [0.1, 0.15) is 54.4 Å². The van der Waals surface area contributed by atoms with Gasteiger partial charge in [0.1, 0.15) is 5.82 Å². The fourth-order valence-electron chi connectivity index (χ4n) is 3.50. The van der Waals surface area contributed by atoms with Crippen molar-refractivity contribution >= 4 is 17.6 Å². The molecule has 146 valence electrons. The van der Waals surface area contributed by atoms with Gasteiger partial charge in [0.15, 0.2) is 17.8 Å². The molecule has 2 fully saturated rings. The van der Waals surface area contributed by atoms with Crippen molar-refractivity contribution in [3.05, 3.63) is 35.5 Å². The van der Waals surface area contributed by atoms with Gasteiger partial charge in [0.2, 0.25) is 12.7 Å². The van der Waals surface area contributed by atoms with Crippen LogP contribution in [0.15, 0.2) is 24.3 Å². The maximum atomic E-state index is 12.8.